The first kappa shape index (κ1) is 13.1. The molecule has 0 radical (unpaired) electrons. The van der Waals surface area contributed by atoms with Gasteiger partial charge >= 0.3 is 90.1 Å². The van der Waals surface area contributed by atoms with Gasteiger partial charge in [0.2, 0.25) is 0 Å². The summed E-state index contributed by atoms with van der Waals surface area (Å²) in [6, 6.07) is 0. The van der Waals surface area contributed by atoms with Crippen LogP contribution >= 0.6 is 0 Å². The molecule has 1 aliphatic rings. The van der Waals surface area contributed by atoms with Crippen molar-refractivity contribution in [3.63, 3.8) is 0 Å². The summed E-state index contributed by atoms with van der Waals surface area (Å²) >= 11 is -3.03. The van der Waals surface area contributed by atoms with Crippen LogP contribution in [0, 0.1) is 0 Å². The molecule has 0 aromatic heterocycles. The number of aliphatic hydroxyl groups is 3. The third-order valence-electron chi connectivity index (χ3n) is 2.21. The maximum absolute atomic E-state index is 10.6. The molecule has 0 aliphatic carbocycles. The standard InChI is InChI=1S/C7H14O7Se/c1-13-7-6(10)5(9)4(8)3(14-7)2-15(11)12/h3-10H,2H2,1H3,(H,11,12)/t3-,4-,5+,6+,7+/m1/s1. The Hall–Kier alpha value is 0.0795. The molecule has 8 heteroatoms. The third-order valence-corrected chi connectivity index (χ3v) is 3.50. The van der Waals surface area contributed by atoms with Gasteiger partial charge in [0.25, 0.3) is 0 Å². The van der Waals surface area contributed by atoms with Gasteiger partial charge in [-0.05, 0) is 0 Å². The minimum atomic E-state index is -3.03. The summed E-state index contributed by atoms with van der Waals surface area (Å²) in [5, 5.41) is 28.0. The number of ether oxygens (including phenoxy) is 2. The number of hydrogen-bond donors (Lipinski definition) is 4. The molecule has 7 nitrogen and oxygen atoms in total. The molecule has 0 aromatic carbocycles. The molecule has 0 amide bonds. The number of methoxy groups -OCH3 is 1. The van der Waals surface area contributed by atoms with Crippen molar-refractivity contribution < 1.29 is 32.8 Å². The van der Waals surface area contributed by atoms with Crippen molar-refractivity contribution in [3.8, 4) is 0 Å². The first-order valence-electron chi connectivity index (χ1n) is 4.27. The fraction of sp³-hybridized carbons (Fsp3) is 1.00. The second-order valence-electron chi connectivity index (χ2n) is 3.24. The fourth-order valence-corrected chi connectivity index (χ4v) is 2.56. The van der Waals surface area contributed by atoms with Crippen LogP contribution < -0.4 is 0 Å². The molecule has 1 aliphatic heterocycles. The van der Waals surface area contributed by atoms with Gasteiger partial charge < -0.3 is 0 Å². The molecule has 1 rings (SSSR count). The number of rotatable bonds is 3. The normalized spacial score (nSPS) is 43.9. The Morgan fingerprint density at radius 3 is 2.33 bits per heavy atom. The van der Waals surface area contributed by atoms with E-state index in [9.17, 15) is 19.2 Å². The zero-order chi connectivity index (χ0) is 11.6. The number of aliphatic hydroxyl groups excluding tert-OH is 3. The van der Waals surface area contributed by atoms with Crippen molar-refractivity contribution in [1.82, 2.24) is 0 Å². The van der Waals surface area contributed by atoms with E-state index in [4.69, 9.17) is 13.7 Å². The van der Waals surface area contributed by atoms with Crippen LogP contribution in [0.1, 0.15) is 0 Å². The van der Waals surface area contributed by atoms with E-state index in [1.807, 2.05) is 0 Å². The van der Waals surface area contributed by atoms with Crippen molar-refractivity contribution in [2.75, 3.05) is 7.11 Å². The van der Waals surface area contributed by atoms with Gasteiger partial charge in [-0.3, -0.25) is 0 Å². The second-order valence-corrected chi connectivity index (χ2v) is 5.29. The molecule has 0 aromatic rings. The summed E-state index contributed by atoms with van der Waals surface area (Å²) in [4.78, 5) is 0. The quantitative estimate of drug-likeness (QED) is 0.419. The minimum absolute atomic E-state index is 0.259. The van der Waals surface area contributed by atoms with E-state index in [1.165, 1.54) is 7.11 Å². The zero-order valence-corrected chi connectivity index (χ0v) is 9.73. The first-order chi connectivity index (χ1) is 6.97. The maximum atomic E-state index is 10.6. The SMILES string of the molecule is CO[C@H]1O[C@H](C[Se](=O)O)[C@@H](O)[C@H](O)[C@@H]1O. The average molecular weight is 289 g/mol. The summed E-state index contributed by atoms with van der Waals surface area (Å²) in [6.45, 7) is 0. The van der Waals surface area contributed by atoms with Crippen molar-refractivity contribution in [3.05, 3.63) is 0 Å². The predicted molar refractivity (Wildman–Crippen MR) is 47.2 cm³/mol. The van der Waals surface area contributed by atoms with Crippen LogP contribution in [-0.4, -0.2) is 71.5 Å². The molecule has 1 fully saturated rings. The van der Waals surface area contributed by atoms with Crippen molar-refractivity contribution >= 4 is 14.2 Å². The van der Waals surface area contributed by atoms with E-state index >= 15 is 0 Å². The first-order valence-corrected chi connectivity index (χ1v) is 6.95. The van der Waals surface area contributed by atoms with Gasteiger partial charge in [-0.15, -0.1) is 0 Å². The molecule has 1 heterocycles. The van der Waals surface area contributed by atoms with Gasteiger partial charge in [-0.1, -0.05) is 0 Å². The van der Waals surface area contributed by atoms with Crippen LogP contribution in [0.15, 0.2) is 0 Å². The molecule has 0 bridgehead atoms. The molecule has 6 atom stereocenters. The third kappa shape index (κ3) is 3.02. The molecule has 1 saturated heterocycles. The van der Waals surface area contributed by atoms with Crippen LogP contribution in [0.4, 0.5) is 0 Å². The Morgan fingerprint density at radius 1 is 1.27 bits per heavy atom. The Balaban J connectivity index is 2.69. The van der Waals surface area contributed by atoms with Gasteiger partial charge in [0, 0.05) is 0 Å². The van der Waals surface area contributed by atoms with Gasteiger partial charge in [0.1, 0.15) is 0 Å². The van der Waals surface area contributed by atoms with Gasteiger partial charge in [-0.2, -0.15) is 0 Å². The van der Waals surface area contributed by atoms with Gasteiger partial charge in [0.15, 0.2) is 0 Å². The fourth-order valence-electron chi connectivity index (χ4n) is 1.39. The van der Waals surface area contributed by atoms with Crippen LogP contribution in [-0.2, 0) is 13.3 Å². The molecule has 15 heavy (non-hydrogen) atoms. The van der Waals surface area contributed by atoms with Crippen LogP contribution in [0.25, 0.3) is 0 Å². The average Bonchev–Trinajstić information content (AvgIpc) is 2.18. The molecular formula is C7H14O7Se. The van der Waals surface area contributed by atoms with Crippen molar-refractivity contribution in [2.45, 2.75) is 36.0 Å². The van der Waals surface area contributed by atoms with Gasteiger partial charge in [0.05, 0.1) is 0 Å². The van der Waals surface area contributed by atoms with E-state index in [0.717, 1.165) is 0 Å². The Labute approximate surface area is 90.7 Å². The van der Waals surface area contributed by atoms with Crippen LogP contribution in [0.2, 0.25) is 5.32 Å². The molecule has 90 valence electrons. The van der Waals surface area contributed by atoms with E-state index in [-0.39, 0.29) is 5.32 Å². The van der Waals surface area contributed by atoms with E-state index < -0.39 is 44.9 Å². The van der Waals surface area contributed by atoms with Crippen molar-refractivity contribution in [1.29, 1.82) is 0 Å². The van der Waals surface area contributed by atoms with Crippen molar-refractivity contribution in [2.24, 2.45) is 0 Å². The van der Waals surface area contributed by atoms with E-state index in [0.29, 0.717) is 0 Å². The predicted octanol–water partition coefficient (Wildman–Crippen LogP) is -2.65. The van der Waals surface area contributed by atoms with Crippen LogP contribution in [0.5, 0.6) is 0 Å². The Kier molecular flexibility index (Phi) is 4.75. The molecular weight excluding hydrogens is 275 g/mol. The Bertz CT molecular complexity index is 233. The Morgan fingerprint density at radius 2 is 1.87 bits per heavy atom. The summed E-state index contributed by atoms with van der Waals surface area (Å²) in [7, 11) is 1.26. The monoisotopic (exact) mass is 290 g/mol. The topological polar surface area (TPSA) is 116 Å². The molecule has 4 N–H and O–H groups in total. The molecule has 1 unspecified atom stereocenters. The summed E-state index contributed by atoms with van der Waals surface area (Å²) < 4.78 is 29.1. The zero-order valence-electron chi connectivity index (χ0n) is 8.02. The molecule has 0 spiro atoms. The summed E-state index contributed by atoms with van der Waals surface area (Å²) in [5.74, 6) is 0. The van der Waals surface area contributed by atoms with Crippen LogP contribution in [0.3, 0.4) is 0 Å². The summed E-state index contributed by atoms with van der Waals surface area (Å²) in [5.41, 5.74) is 0. The molecule has 0 saturated carbocycles. The van der Waals surface area contributed by atoms with E-state index in [2.05, 4.69) is 0 Å². The summed E-state index contributed by atoms with van der Waals surface area (Å²) in [6.07, 6.45) is -6.30. The number of hydrogen-bond acceptors (Lipinski definition) is 6. The van der Waals surface area contributed by atoms with Gasteiger partial charge in [-0.25, -0.2) is 0 Å². The van der Waals surface area contributed by atoms with E-state index in [1.54, 1.807) is 0 Å². The second kappa shape index (κ2) is 5.42.